The van der Waals surface area contributed by atoms with Crippen LogP contribution in [0.25, 0.3) is 11.0 Å². The third-order valence-electron chi connectivity index (χ3n) is 5.30. The first-order valence-electron chi connectivity index (χ1n) is 10.7. The van der Waals surface area contributed by atoms with Crippen molar-refractivity contribution in [2.45, 2.75) is 19.9 Å². The lowest BCUT2D eigenvalue weighted by Gasteiger charge is -2.10. The van der Waals surface area contributed by atoms with Crippen LogP contribution in [0, 0.1) is 6.92 Å². The molecule has 0 atom stereocenters. The predicted octanol–water partition coefficient (Wildman–Crippen LogP) is 5.14. The van der Waals surface area contributed by atoms with E-state index in [4.69, 9.17) is 4.42 Å². The topological polar surface area (TPSA) is 102 Å². The minimum Gasteiger partial charge on any atom is -0.459 e. The lowest BCUT2D eigenvalue weighted by atomic mass is 10.2. The molecule has 0 saturated heterocycles. The molecular formula is C25H21N5O3S. The largest absolute Gasteiger partial charge is 0.459 e. The molecule has 0 aliphatic rings. The summed E-state index contributed by atoms with van der Waals surface area (Å²) in [6, 6.07) is 18.6. The third-order valence-corrected chi connectivity index (χ3v) is 6.45. The lowest BCUT2D eigenvalue weighted by molar-refractivity contribution is 0.0995. The summed E-state index contributed by atoms with van der Waals surface area (Å²) in [7, 11) is 0. The number of thiophene rings is 1. The Bertz CT molecular complexity index is 1450. The van der Waals surface area contributed by atoms with Crippen LogP contribution in [0.4, 0.5) is 10.9 Å². The van der Waals surface area contributed by atoms with Crippen LogP contribution < -0.4 is 10.6 Å². The van der Waals surface area contributed by atoms with E-state index >= 15 is 0 Å². The highest BCUT2D eigenvalue weighted by Crippen LogP contribution is 2.29. The van der Waals surface area contributed by atoms with Crippen molar-refractivity contribution >= 4 is 45.1 Å². The zero-order valence-corrected chi connectivity index (χ0v) is 19.1. The molecule has 0 radical (unpaired) electrons. The van der Waals surface area contributed by atoms with Gasteiger partial charge < -0.3 is 14.3 Å². The zero-order chi connectivity index (χ0) is 23.5. The number of imidazole rings is 1. The van der Waals surface area contributed by atoms with E-state index < -0.39 is 0 Å². The Morgan fingerprint density at radius 3 is 2.68 bits per heavy atom. The molecule has 9 heteroatoms. The van der Waals surface area contributed by atoms with E-state index in [2.05, 4.69) is 20.6 Å². The van der Waals surface area contributed by atoms with Crippen LogP contribution in [-0.4, -0.2) is 26.3 Å². The number of fused-ring (bicyclic) bond motifs is 1. The van der Waals surface area contributed by atoms with E-state index in [1.165, 1.54) is 17.6 Å². The predicted molar refractivity (Wildman–Crippen MR) is 131 cm³/mol. The molecule has 0 aliphatic heterocycles. The Morgan fingerprint density at radius 2 is 1.88 bits per heavy atom. The molecule has 1 aromatic carbocycles. The first-order chi connectivity index (χ1) is 16.6. The molecule has 2 amide bonds. The number of carbonyl (C=O) groups excluding carboxylic acids is 2. The molecule has 0 spiro atoms. The maximum absolute atomic E-state index is 13.2. The fourth-order valence-electron chi connectivity index (χ4n) is 3.68. The second-order valence-electron chi connectivity index (χ2n) is 7.66. The minimum absolute atomic E-state index is 0.207. The summed E-state index contributed by atoms with van der Waals surface area (Å²) in [5.74, 6) is 0.0275. The third kappa shape index (κ3) is 4.46. The lowest BCUT2D eigenvalue weighted by Crippen LogP contribution is -2.16. The van der Waals surface area contributed by atoms with Crippen LogP contribution in [0.1, 0.15) is 31.5 Å². The molecule has 0 unspecified atom stereocenters. The summed E-state index contributed by atoms with van der Waals surface area (Å²) >= 11 is 1.20. The van der Waals surface area contributed by atoms with Gasteiger partial charge in [-0.15, -0.1) is 11.3 Å². The Labute approximate surface area is 199 Å². The molecular weight excluding hydrogens is 450 g/mol. The maximum Gasteiger partial charge on any atom is 0.291 e. The quantitative estimate of drug-likeness (QED) is 0.342. The van der Waals surface area contributed by atoms with Gasteiger partial charge in [-0.3, -0.25) is 19.9 Å². The van der Waals surface area contributed by atoms with Crippen LogP contribution >= 0.6 is 11.3 Å². The van der Waals surface area contributed by atoms with Gasteiger partial charge in [0.2, 0.25) is 5.95 Å². The Hall–Kier alpha value is -4.24. The first-order valence-corrected chi connectivity index (χ1v) is 11.5. The molecule has 8 nitrogen and oxygen atoms in total. The zero-order valence-electron chi connectivity index (χ0n) is 18.3. The van der Waals surface area contributed by atoms with E-state index in [0.717, 1.165) is 22.3 Å². The smallest absolute Gasteiger partial charge is 0.291 e. The van der Waals surface area contributed by atoms with Gasteiger partial charge in [0.1, 0.15) is 0 Å². The van der Waals surface area contributed by atoms with Crippen molar-refractivity contribution in [2.24, 2.45) is 0 Å². The van der Waals surface area contributed by atoms with Crippen molar-refractivity contribution < 1.29 is 14.0 Å². The summed E-state index contributed by atoms with van der Waals surface area (Å²) in [6.07, 6.45) is 3.91. The average molecular weight is 472 g/mol. The summed E-state index contributed by atoms with van der Waals surface area (Å²) in [4.78, 5) is 35.0. The molecule has 4 aromatic heterocycles. The minimum atomic E-state index is -0.366. The summed E-state index contributed by atoms with van der Waals surface area (Å²) < 4.78 is 7.12. The van der Waals surface area contributed by atoms with Crippen molar-refractivity contribution in [1.29, 1.82) is 0 Å². The molecule has 170 valence electrons. The molecule has 0 aliphatic carbocycles. The van der Waals surface area contributed by atoms with E-state index in [1.54, 1.807) is 24.4 Å². The average Bonchev–Trinajstić information content (AvgIpc) is 3.57. The molecule has 0 saturated carbocycles. The second kappa shape index (κ2) is 9.32. The van der Waals surface area contributed by atoms with Gasteiger partial charge in [0.05, 0.1) is 27.2 Å². The number of nitrogens with zero attached hydrogens (tertiary/aromatic N) is 3. The highest BCUT2D eigenvalue weighted by atomic mass is 32.1. The number of carbonyl (C=O) groups is 2. The van der Waals surface area contributed by atoms with Crippen LogP contribution in [-0.2, 0) is 13.0 Å². The van der Waals surface area contributed by atoms with E-state index in [9.17, 15) is 9.59 Å². The number of aromatic nitrogens is 3. The molecule has 0 fully saturated rings. The number of anilines is 2. The van der Waals surface area contributed by atoms with Crippen LogP contribution in [0.5, 0.6) is 0 Å². The highest BCUT2D eigenvalue weighted by Gasteiger charge is 2.19. The number of para-hydroxylation sites is 2. The van der Waals surface area contributed by atoms with Crippen molar-refractivity contribution in [2.75, 3.05) is 10.6 Å². The van der Waals surface area contributed by atoms with Crippen molar-refractivity contribution in [3.63, 3.8) is 0 Å². The number of rotatable bonds is 7. The van der Waals surface area contributed by atoms with Gasteiger partial charge in [0, 0.05) is 24.9 Å². The van der Waals surface area contributed by atoms with Gasteiger partial charge in [-0.2, -0.15) is 0 Å². The SMILES string of the molecule is Cc1cc(NC(=O)c2ccco2)sc1C(=O)Nc1nc2ccccc2n1CCc1ccccn1. The number of furan rings is 1. The fourth-order valence-corrected chi connectivity index (χ4v) is 4.64. The fraction of sp³-hybridized carbons (Fsp3) is 0.120. The van der Waals surface area contributed by atoms with Crippen LogP contribution in [0.3, 0.4) is 0 Å². The number of hydrogen-bond acceptors (Lipinski definition) is 6. The van der Waals surface area contributed by atoms with Crippen molar-refractivity contribution in [3.8, 4) is 0 Å². The highest BCUT2D eigenvalue weighted by molar-refractivity contribution is 7.18. The van der Waals surface area contributed by atoms with Crippen molar-refractivity contribution in [1.82, 2.24) is 14.5 Å². The number of nitrogens with one attached hydrogen (secondary N) is 2. The molecule has 2 N–H and O–H groups in total. The summed E-state index contributed by atoms with van der Waals surface area (Å²) in [5.41, 5.74) is 3.45. The van der Waals surface area contributed by atoms with Gasteiger partial charge in [0.25, 0.3) is 11.8 Å². The number of benzene rings is 1. The molecule has 0 bridgehead atoms. The first kappa shape index (κ1) is 21.6. The van der Waals surface area contributed by atoms with Gasteiger partial charge in [0.15, 0.2) is 5.76 Å². The Morgan fingerprint density at radius 1 is 1.03 bits per heavy atom. The standard InChI is InChI=1S/C25H21N5O3S/c1-16-15-21(28-23(31)20-10-6-14-33-20)34-22(16)24(32)29-25-27-18-8-2-3-9-19(18)30(25)13-11-17-7-4-5-12-26-17/h2-10,12,14-15H,11,13H2,1H3,(H,28,31)(H,27,29,32). The Balaban J connectivity index is 1.37. The Kier molecular flexibility index (Phi) is 5.92. The van der Waals surface area contributed by atoms with Gasteiger partial charge in [-0.25, -0.2) is 4.98 Å². The maximum atomic E-state index is 13.2. The van der Waals surface area contributed by atoms with E-state index in [-0.39, 0.29) is 17.6 Å². The number of hydrogen-bond donors (Lipinski definition) is 2. The normalized spacial score (nSPS) is 11.0. The monoisotopic (exact) mass is 471 g/mol. The summed E-state index contributed by atoms with van der Waals surface area (Å²) in [5, 5.41) is 6.30. The van der Waals surface area contributed by atoms with Crippen LogP contribution in [0.15, 0.2) is 77.5 Å². The number of pyridine rings is 1. The van der Waals surface area contributed by atoms with E-state index in [0.29, 0.717) is 28.8 Å². The van der Waals surface area contributed by atoms with Crippen LogP contribution in [0.2, 0.25) is 0 Å². The number of aryl methyl sites for hydroxylation is 3. The molecule has 4 heterocycles. The van der Waals surface area contributed by atoms with E-state index in [1.807, 2.05) is 54.0 Å². The summed E-state index contributed by atoms with van der Waals surface area (Å²) in [6.45, 7) is 2.44. The second-order valence-corrected chi connectivity index (χ2v) is 8.71. The van der Waals surface area contributed by atoms with Gasteiger partial charge in [-0.1, -0.05) is 18.2 Å². The molecule has 5 rings (SSSR count). The molecule has 34 heavy (non-hydrogen) atoms. The van der Waals surface area contributed by atoms with Gasteiger partial charge in [-0.05, 0) is 55.0 Å². The molecule has 5 aromatic rings. The van der Waals surface area contributed by atoms with Crippen molar-refractivity contribution in [3.05, 3.63) is 95.0 Å². The van der Waals surface area contributed by atoms with Gasteiger partial charge >= 0.3 is 0 Å². The number of amides is 2.